The lowest BCUT2D eigenvalue weighted by molar-refractivity contribution is -0.135. The molecule has 3 aliphatic rings. The molecule has 1 aromatic carbocycles. The summed E-state index contributed by atoms with van der Waals surface area (Å²) in [5, 5.41) is 0. The van der Waals surface area contributed by atoms with Crippen molar-refractivity contribution in [3.05, 3.63) is 48.2 Å². The molecule has 3 heterocycles. The van der Waals surface area contributed by atoms with E-state index in [1.54, 1.807) is 12.1 Å². The molecule has 1 unspecified atom stereocenters. The molecule has 1 atom stereocenters. The van der Waals surface area contributed by atoms with Gasteiger partial charge in [-0.1, -0.05) is 18.2 Å². The van der Waals surface area contributed by atoms with E-state index in [1.807, 2.05) is 40.1 Å². The summed E-state index contributed by atoms with van der Waals surface area (Å²) in [4.78, 5) is 32.0. The van der Waals surface area contributed by atoms with E-state index in [2.05, 4.69) is 11.9 Å². The van der Waals surface area contributed by atoms with Gasteiger partial charge in [-0.05, 0) is 49.9 Å². The molecule has 7 heteroatoms. The summed E-state index contributed by atoms with van der Waals surface area (Å²) in [6, 6.07) is 12.7. The van der Waals surface area contributed by atoms with Crippen LogP contribution < -0.4 is 4.74 Å². The number of piperidine rings is 1. The zero-order valence-corrected chi connectivity index (χ0v) is 18.0. The summed E-state index contributed by atoms with van der Waals surface area (Å²) >= 11 is 0. The number of rotatable bonds is 4. The Morgan fingerprint density at radius 2 is 1.65 bits per heavy atom. The first-order valence-electron chi connectivity index (χ1n) is 11.1. The Labute approximate surface area is 182 Å². The predicted molar refractivity (Wildman–Crippen MR) is 115 cm³/mol. The second-order valence-electron chi connectivity index (χ2n) is 9.07. The van der Waals surface area contributed by atoms with Crippen molar-refractivity contribution < 1.29 is 18.7 Å². The largest absolute Gasteiger partial charge is 0.426 e. The van der Waals surface area contributed by atoms with Crippen LogP contribution in [0.3, 0.4) is 0 Å². The molecule has 1 spiro atoms. The maximum atomic E-state index is 12.9. The number of hydrogen-bond donors (Lipinski definition) is 0. The smallest absolute Gasteiger partial charge is 0.290 e. The van der Waals surface area contributed by atoms with E-state index in [9.17, 15) is 9.59 Å². The predicted octanol–water partition coefficient (Wildman–Crippen LogP) is 3.09. The monoisotopic (exact) mass is 423 g/mol. The fourth-order valence-corrected chi connectivity index (χ4v) is 4.90. The van der Waals surface area contributed by atoms with Gasteiger partial charge in [0.25, 0.3) is 11.9 Å². The van der Waals surface area contributed by atoms with Gasteiger partial charge >= 0.3 is 0 Å². The molecule has 3 fully saturated rings. The highest BCUT2D eigenvalue weighted by Gasteiger charge is 2.59. The molecule has 0 N–H and O–H groups in total. The van der Waals surface area contributed by atoms with Crippen molar-refractivity contribution in [2.45, 2.75) is 19.3 Å². The van der Waals surface area contributed by atoms with E-state index in [0.29, 0.717) is 36.5 Å². The van der Waals surface area contributed by atoms with Crippen LogP contribution in [-0.4, -0.2) is 72.8 Å². The second-order valence-corrected chi connectivity index (χ2v) is 9.07. The van der Waals surface area contributed by atoms with Crippen molar-refractivity contribution in [3.8, 4) is 11.7 Å². The van der Waals surface area contributed by atoms with Crippen LogP contribution in [0, 0.1) is 11.3 Å². The number of hydrogen-bond acceptors (Lipinski definition) is 5. The number of piperazine rings is 1. The normalized spacial score (nSPS) is 23.1. The molecule has 2 saturated heterocycles. The van der Waals surface area contributed by atoms with E-state index in [0.717, 1.165) is 45.4 Å². The lowest BCUT2D eigenvalue weighted by atomic mass is 9.90. The summed E-state index contributed by atoms with van der Waals surface area (Å²) in [6.45, 7) is 4.90. The third-order valence-corrected chi connectivity index (χ3v) is 7.10. The molecule has 1 aliphatic carbocycles. The Hall–Kier alpha value is -2.80. The molecular weight excluding hydrogens is 394 g/mol. The van der Waals surface area contributed by atoms with Gasteiger partial charge in [0.05, 0.1) is 0 Å². The molecule has 1 saturated carbocycles. The fraction of sp³-hybridized carbons (Fsp3) is 0.500. The summed E-state index contributed by atoms with van der Waals surface area (Å²) in [5.74, 6) is 1.62. The van der Waals surface area contributed by atoms with Gasteiger partial charge in [-0.25, -0.2) is 0 Å². The Morgan fingerprint density at radius 1 is 0.935 bits per heavy atom. The van der Waals surface area contributed by atoms with Crippen molar-refractivity contribution >= 4 is 11.8 Å². The van der Waals surface area contributed by atoms with Crippen LogP contribution in [0.5, 0.6) is 11.7 Å². The van der Waals surface area contributed by atoms with Gasteiger partial charge in [0.1, 0.15) is 5.75 Å². The van der Waals surface area contributed by atoms with E-state index in [-0.39, 0.29) is 17.2 Å². The Kier molecular flexibility index (Phi) is 5.22. The number of benzene rings is 1. The molecule has 5 rings (SSSR count). The van der Waals surface area contributed by atoms with E-state index < -0.39 is 0 Å². The van der Waals surface area contributed by atoms with E-state index in [1.165, 1.54) is 0 Å². The molecule has 2 amide bonds. The summed E-state index contributed by atoms with van der Waals surface area (Å²) in [7, 11) is 2.10. The Balaban J connectivity index is 1.14. The van der Waals surface area contributed by atoms with Crippen molar-refractivity contribution in [1.82, 2.24) is 14.7 Å². The number of likely N-dealkylation sites (tertiary alicyclic amines) is 1. The molecule has 164 valence electrons. The number of amides is 2. The van der Waals surface area contributed by atoms with Gasteiger partial charge in [0, 0.05) is 51.3 Å². The zero-order valence-electron chi connectivity index (χ0n) is 18.0. The highest BCUT2D eigenvalue weighted by Crippen LogP contribution is 2.60. The first-order valence-corrected chi connectivity index (χ1v) is 11.1. The van der Waals surface area contributed by atoms with Gasteiger partial charge in [-0.15, -0.1) is 0 Å². The standard InChI is InChI=1S/C24H29N3O4/c1-25-13-15-27(16-14-25)22(28)19-17-24(19)9-11-26(12-10-24)23(29)20-7-8-21(31-20)30-18-5-3-2-4-6-18/h2-8,19H,9-17H2,1H3. The number of para-hydroxylation sites is 1. The number of carbonyl (C=O) groups is 2. The maximum Gasteiger partial charge on any atom is 0.290 e. The topological polar surface area (TPSA) is 66.2 Å². The molecule has 2 aromatic rings. The quantitative estimate of drug-likeness (QED) is 0.756. The zero-order chi connectivity index (χ0) is 21.4. The first kappa shape index (κ1) is 20.1. The van der Waals surface area contributed by atoms with Gasteiger partial charge in [-0.2, -0.15) is 0 Å². The Morgan fingerprint density at radius 3 is 2.35 bits per heavy atom. The van der Waals surface area contributed by atoms with E-state index >= 15 is 0 Å². The number of furan rings is 1. The lowest BCUT2D eigenvalue weighted by Gasteiger charge is -2.35. The lowest BCUT2D eigenvalue weighted by Crippen LogP contribution is -2.48. The summed E-state index contributed by atoms with van der Waals surface area (Å²) in [5.41, 5.74) is 0.0992. The number of likely N-dealkylation sites (N-methyl/N-ethyl adjacent to an activating group) is 1. The minimum absolute atomic E-state index is 0.0992. The second kappa shape index (κ2) is 8.04. The van der Waals surface area contributed by atoms with Crippen molar-refractivity contribution in [3.63, 3.8) is 0 Å². The minimum Gasteiger partial charge on any atom is -0.426 e. The SMILES string of the molecule is CN1CCN(C(=O)C2CC23CCN(C(=O)c2ccc(Oc4ccccc4)o2)CC3)CC1. The van der Waals surface area contributed by atoms with Crippen LogP contribution >= 0.6 is 0 Å². The van der Waals surface area contributed by atoms with Crippen molar-refractivity contribution in [2.75, 3.05) is 46.3 Å². The van der Waals surface area contributed by atoms with Crippen LogP contribution in [0.2, 0.25) is 0 Å². The summed E-state index contributed by atoms with van der Waals surface area (Å²) in [6.07, 6.45) is 2.74. The van der Waals surface area contributed by atoms with Crippen LogP contribution in [0.25, 0.3) is 0 Å². The van der Waals surface area contributed by atoms with Crippen molar-refractivity contribution in [2.24, 2.45) is 11.3 Å². The fourth-order valence-electron chi connectivity index (χ4n) is 4.90. The molecule has 2 aliphatic heterocycles. The van der Waals surface area contributed by atoms with Gasteiger partial charge in [0.15, 0.2) is 5.76 Å². The average molecular weight is 424 g/mol. The maximum absolute atomic E-state index is 12.9. The van der Waals surface area contributed by atoms with Crippen LogP contribution in [0.4, 0.5) is 0 Å². The van der Waals surface area contributed by atoms with Crippen molar-refractivity contribution in [1.29, 1.82) is 0 Å². The first-order chi connectivity index (χ1) is 15.0. The Bertz CT molecular complexity index is 941. The van der Waals surface area contributed by atoms with Crippen LogP contribution in [-0.2, 0) is 4.79 Å². The van der Waals surface area contributed by atoms with Crippen LogP contribution in [0.1, 0.15) is 29.8 Å². The number of nitrogens with zero attached hydrogens (tertiary/aromatic N) is 3. The minimum atomic E-state index is -0.111. The molecule has 7 nitrogen and oxygen atoms in total. The highest BCUT2D eigenvalue weighted by molar-refractivity contribution is 5.92. The summed E-state index contributed by atoms with van der Waals surface area (Å²) < 4.78 is 11.3. The van der Waals surface area contributed by atoms with E-state index in [4.69, 9.17) is 9.15 Å². The van der Waals surface area contributed by atoms with Gasteiger partial charge in [0.2, 0.25) is 5.91 Å². The van der Waals surface area contributed by atoms with Gasteiger partial charge < -0.3 is 23.9 Å². The van der Waals surface area contributed by atoms with Crippen LogP contribution in [0.15, 0.2) is 46.9 Å². The third-order valence-electron chi connectivity index (χ3n) is 7.10. The highest BCUT2D eigenvalue weighted by atomic mass is 16.6. The number of ether oxygens (including phenoxy) is 1. The molecule has 0 bridgehead atoms. The average Bonchev–Trinajstić information content (AvgIpc) is 3.28. The molecular formula is C24H29N3O4. The molecule has 0 radical (unpaired) electrons. The number of carbonyl (C=O) groups excluding carboxylic acids is 2. The molecule has 31 heavy (non-hydrogen) atoms. The van der Waals surface area contributed by atoms with Gasteiger partial charge in [-0.3, -0.25) is 9.59 Å². The third kappa shape index (κ3) is 4.06. The molecule has 1 aromatic heterocycles.